The molecule has 76 valence electrons. The predicted molar refractivity (Wildman–Crippen MR) is 56.2 cm³/mol. The second-order valence-electron chi connectivity index (χ2n) is 4.72. The van der Waals surface area contributed by atoms with Crippen molar-refractivity contribution < 1.29 is 5.11 Å². The highest BCUT2D eigenvalue weighted by Gasteiger charge is 2.15. The van der Waals surface area contributed by atoms with Gasteiger partial charge in [0.05, 0.1) is 6.61 Å². The van der Waals surface area contributed by atoms with Crippen LogP contribution in [0.25, 0.3) is 0 Å². The smallest absolute Gasteiger partial charge is 0.0531 e. The minimum absolute atomic E-state index is 0.141. The first-order valence-electron chi connectivity index (χ1n) is 5.29. The van der Waals surface area contributed by atoms with Crippen LogP contribution < -0.4 is 0 Å². The summed E-state index contributed by atoms with van der Waals surface area (Å²) in [7, 11) is 0. The van der Waals surface area contributed by atoms with E-state index in [1.807, 2.05) is 20.1 Å². The lowest BCUT2D eigenvalue weighted by molar-refractivity contribution is 0.216. The molecule has 0 amide bonds. The molecule has 0 heterocycles. The van der Waals surface area contributed by atoms with E-state index in [4.69, 9.17) is 5.11 Å². The third-order valence-corrected chi connectivity index (χ3v) is 2.62. The van der Waals surface area contributed by atoms with Gasteiger partial charge in [0.15, 0.2) is 0 Å². The van der Waals surface area contributed by atoms with Gasteiger partial charge in [0.25, 0.3) is 0 Å². The number of nitrogens with zero attached hydrogens (tertiary/aromatic N) is 1. The van der Waals surface area contributed by atoms with Crippen molar-refractivity contribution in [3.8, 4) is 0 Å². The summed E-state index contributed by atoms with van der Waals surface area (Å²) in [6, 6.07) is 0.527. The lowest BCUT2D eigenvalue weighted by Crippen LogP contribution is -2.20. The van der Waals surface area contributed by atoms with Crippen molar-refractivity contribution in [3.63, 3.8) is 0 Å². The molecule has 0 bridgehead atoms. The molecular formula is C11H21NO. The van der Waals surface area contributed by atoms with Gasteiger partial charge in [-0.3, -0.25) is 4.99 Å². The lowest BCUT2D eigenvalue weighted by atomic mass is 9.94. The van der Waals surface area contributed by atoms with Crippen molar-refractivity contribution in [1.29, 1.82) is 0 Å². The van der Waals surface area contributed by atoms with Gasteiger partial charge < -0.3 is 5.11 Å². The van der Waals surface area contributed by atoms with E-state index >= 15 is 0 Å². The third kappa shape index (κ3) is 3.90. The van der Waals surface area contributed by atoms with E-state index in [2.05, 4.69) is 4.99 Å². The monoisotopic (exact) mass is 183 g/mol. The Hall–Kier alpha value is -0.370. The van der Waals surface area contributed by atoms with E-state index in [-0.39, 0.29) is 12.0 Å². The van der Waals surface area contributed by atoms with Gasteiger partial charge in [-0.25, -0.2) is 0 Å². The quantitative estimate of drug-likeness (QED) is 0.670. The standard InChI is InChI=1S/C11H21NO/c1-11(2,9-13)8-12-10-6-4-3-5-7-10/h8,10,13H,3-7,9H2,1-2H3. The molecule has 0 aromatic heterocycles. The van der Waals surface area contributed by atoms with Gasteiger partial charge in [0.1, 0.15) is 0 Å². The number of aliphatic imine (C=N–C) groups is 1. The van der Waals surface area contributed by atoms with Crippen molar-refractivity contribution in [2.75, 3.05) is 6.61 Å². The Morgan fingerprint density at radius 1 is 1.31 bits per heavy atom. The molecular weight excluding hydrogens is 162 g/mol. The molecule has 0 unspecified atom stereocenters. The van der Waals surface area contributed by atoms with Gasteiger partial charge in [-0.1, -0.05) is 33.1 Å². The van der Waals surface area contributed by atoms with Crippen LogP contribution >= 0.6 is 0 Å². The van der Waals surface area contributed by atoms with Crippen LogP contribution in [0.3, 0.4) is 0 Å². The number of rotatable bonds is 3. The normalized spacial score (nSPS) is 21.2. The van der Waals surface area contributed by atoms with Crippen LogP contribution in [0.1, 0.15) is 46.0 Å². The summed E-state index contributed by atoms with van der Waals surface area (Å²) in [6.07, 6.45) is 8.41. The predicted octanol–water partition coefficient (Wildman–Crippen LogP) is 2.41. The minimum Gasteiger partial charge on any atom is -0.395 e. The Kier molecular flexibility index (Phi) is 3.91. The summed E-state index contributed by atoms with van der Waals surface area (Å²) in [5.74, 6) is 0. The number of aliphatic hydroxyl groups is 1. The molecule has 13 heavy (non-hydrogen) atoms. The molecule has 2 heteroatoms. The third-order valence-electron chi connectivity index (χ3n) is 2.62. The Balaban J connectivity index is 2.37. The minimum atomic E-state index is -0.141. The van der Waals surface area contributed by atoms with Gasteiger partial charge in [-0.2, -0.15) is 0 Å². The summed E-state index contributed by atoms with van der Waals surface area (Å²) < 4.78 is 0. The SMILES string of the molecule is CC(C)(C=NC1CCCCC1)CO. The lowest BCUT2D eigenvalue weighted by Gasteiger charge is -2.20. The van der Waals surface area contributed by atoms with Crippen LogP contribution in [0.4, 0.5) is 0 Å². The summed E-state index contributed by atoms with van der Waals surface area (Å²) in [5, 5.41) is 9.03. The maximum Gasteiger partial charge on any atom is 0.0531 e. The molecule has 0 aromatic rings. The summed E-state index contributed by atoms with van der Waals surface area (Å²) in [6.45, 7) is 4.21. The van der Waals surface area contributed by atoms with Gasteiger partial charge in [-0.15, -0.1) is 0 Å². The maximum absolute atomic E-state index is 9.03. The van der Waals surface area contributed by atoms with Gasteiger partial charge in [0, 0.05) is 17.7 Å². The molecule has 0 saturated heterocycles. The highest BCUT2D eigenvalue weighted by molar-refractivity contribution is 5.64. The molecule has 1 aliphatic carbocycles. The van der Waals surface area contributed by atoms with Crippen molar-refractivity contribution in [3.05, 3.63) is 0 Å². The fourth-order valence-electron chi connectivity index (χ4n) is 1.58. The van der Waals surface area contributed by atoms with E-state index < -0.39 is 0 Å². The zero-order valence-electron chi connectivity index (χ0n) is 8.79. The zero-order chi connectivity index (χ0) is 9.73. The molecule has 0 aromatic carbocycles. The van der Waals surface area contributed by atoms with E-state index in [9.17, 15) is 0 Å². The van der Waals surface area contributed by atoms with Crippen molar-refractivity contribution in [2.24, 2.45) is 10.4 Å². The fourth-order valence-corrected chi connectivity index (χ4v) is 1.58. The fraction of sp³-hybridized carbons (Fsp3) is 0.909. The summed E-state index contributed by atoms with van der Waals surface area (Å²) in [4.78, 5) is 4.54. The van der Waals surface area contributed by atoms with Crippen LogP contribution in [0, 0.1) is 5.41 Å². The molecule has 1 N–H and O–H groups in total. The Bertz CT molecular complexity index is 169. The largest absolute Gasteiger partial charge is 0.395 e. The Morgan fingerprint density at radius 3 is 2.46 bits per heavy atom. The average molecular weight is 183 g/mol. The van der Waals surface area contributed by atoms with Crippen LogP contribution in [-0.2, 0) is 0 Å². The molecule has 2 nitrogen and oxygen atoms in total. The number of aliphatic hydroxyl groups excluding tert-OH is 1. The topological polar surface area (TPSA) is 32.6 Å². The molecule has 1 aliphatic rings. The second kappa shape index (κ2) is 4.75. The second-order valence-corrected chi connectivity index (χ2v) is 4.72. The molecule has 0 atom stereocenters. The number of hydrogen-bond donors (Lipinski definition) is 1. The average Bonchev–Trinajstić information content (AvgIpc) is 2.17. The molecule has 0 spiro atoms. The highest BCUT2D eigenvalue weighted by Crippen LogP contribution is 2.21. The molecule has 1 fully saturated rings. The van der Waals surface area contributed by atoms with Crippen LogP contribution in [0.2, 0.25) is 0 Å². The first-order valence-corrected chi connectivity index (χ1v) is 5.29. The van der Waals surface area contributed by atoms with Crippen molar-refractivity contribution >= 4 is 6.21 Å². The highest BCUT2D eigenvalue weighted by atomic mass is 16.3. The molecule has 1 saturated carbocycles. The maximum atomic E-state index is 9.03. The van der Waals surface area contributed by atoms with Crippen molar-refractivity contribution in [2.45, 2.75) is 52.0 Å². The first kappa shape index (κ1) is 10.7. The van der Waals surface area contributed by atoms with E-state index in [1.54, 1.807) is 0 Å². The van der Waals surface area contributed by atoms with Gasteiger partial charge in [0.2, 0.25) is 0 Å². The molecule has 1 rings (SSSR count). The van der Waals surface area contributed by atoms with Gasteiger partial charge >= 0.3 is 0 Å². The Morgan fingerprint density at radius 2 is 1.92 bits per heavy atom. The van der Waals surface area contributed by atoms with E-state index in [1.165, 1.54) is 32.1 Å². The van der Waals surface area contributed by atoms with Crippen LogP contribution in [-0.4, -0.2) is 24.0 Å². The molecule has 0 aliphatic heterocycles. The Labute approximate surface area is 81.1 Å². The van der Waals surface area contributed by atoms with Crippen molar-refractivity contribution in [1.82, 2.24) is 0 Å². The number of hydrogen-bond acceptors (Lipinski definition) is 2. The van der Waals surface area contributed by atoms with E-state index in [0.29, 0.717) is 6.04 Å². The molecule has 0 radical (unpaired) electrons. The van der Waals surface area contributed by atoms with Crippen LogP contribution in [0.5, 0.6) is 0 Å². The van der Waals surface area contributed by atoms with E-state index in [0.717, 1.165) is 0 Å². The summed E-state index contributed by atoms with van der Waals surface area (Å²) in [5.41, 5.74) is -0.141. The van der Waals surface area contributed by atoms with Crippen LogP contribution in [0.15, 0.2) is 4.99 Å². The van der Waals surface area contributed by atoms with Gasteiger partial charge in [-0.05, 0) is 12.8 Å². The zero-order valence-corrected chi connectivity index (χ0v) is 8.79. The first-order chi connectivity index (χ1) is 6.14. The summed E-state index contributed by atoms with van der Waals surface area (Å²) >= 11 is 0.